The molecule has 0 unspecified atom stereocenters. The number of likely N-dealkylation sites (N-methyl/N-ethyl adjacent to an activating group) is 1. The van der Waals surface area contributed by atoms with E-state index in [4.69, 9.17) is 17.3 Å². The van der Waals surface area contributed by atoms with Crippen molar-refractivity contribution in [1.82, 2.24) is 9.88 Å². The summed E-state index contributed by atoms with van der Waals surface area (Å²) in [6.07, 6.45) is 3.50. The second-order valence-corrected chi connectivity index (χ2v) is 5.23. The first-order valence-electron chi connectivity index (χ1n) is 6.47. The van der Waals surface area contributed by atoms with Gasteiger partial charge in [-0.2, -0.15) is 0 Å². The molecule has 0 bridgehead atoms. The molecule has 0 spiro atoms. The molecule has 2 aromatic rings. The van der Waals surface area contributed by atoms with E-state index in [9.17, 15) is 4.79 Å². The summed E-state index contributed by atoms with van der Waals surface area (Å²) in [4.78, 5) is 17.9. The molecule has 110 valence electrons. The summed E-state index contributed by atoms with van der Waals surface area (Å²) in [5.41, 5.74) is 7.79. The summed E-state index contributed by atoms with van der Waals surface area (Å²) in [7, 11) is 1.87. The first-order valence-corrected chi connectivity index (χ1v) is 6.84. The van der Waals surface area contributed by atoms with Crippen LogP contribution in [0, 0.1) is 0 Å². The number of anilines is 2. The van der Waals surface area contributed by atoms with E-state index in [1.807, 2.05) is 24.1 Å². The topological polar surface area (TPSA) is 71.2 Å². The zero-order valence-corrected chi connectivity index (χ0v) is 12.5. The van der Waals surface area contributed by atoms with Gasteiger partial charge in [-0.3, -0.25) is 14.7 Å². The Bertz CT molecular complexity index is 618. The van der Waals surface area contributed by atoms with Gasteiger partial charge in [0, 0.05) is 24.6 Å². The molecule has 1 aromatic heterocycles. The monoisotopic (exact) mass is 304 g/mol. The normalized spacial score (nSPS) is 10.6. The number of nitrogens with zero attached hydrogens (tertiary/aromatic N) is 2. The minimum Gasteiger partial charge on any atom is -0.399 e. The summed E-state index contributed by atoms with van der Waals surface area (Å²) in [5, 5.41) is 3.20. The lowest BCUT2D eigenvalue weighted by molar-refractivity contribution is -0.117. The molecule has 0 aliphatic rings. The molecule has 0 radical (unpaired) electrons. The van der Waals surface area contributed by atoms with Gasteiger partial charge in [-0.25, -0.2) is 0 Å². The van der Waals surface area contributed by atoms with E-state index < -0.39 is 0 Å². The van der Waals surface area contributed by atoms with Crippen molar-refractivity contribution in [3.8, 4) is 0 Å². The number of hydrogen-bond donors (Lipinski definition) is 2. The molecule has 0 atom stereocenters. The van der Waals surface area contributed by atoms with Gasteiger partial charge >= 0.3 is 0 Å². The number of carbonyl (C=O) groups is 1. The van der Waals surface area contributed by atoms with Crippen LogP contribution < -0.4 is 11.1 Å². The van der Waals surface area contributed by atoms with Crippen LogP contribution >= 0.6 is 11.6 Å². The second-order valence-electron chi connectivity index (χ2n) is 4.82. The van der Waals surface area contributed by atoms with Gasteiger partial charge in [0.25, 0.3) is 0 Å². The van der Waals surface area contributed by atoms with Crippen molar-refractivity contribution in [1.29, 1.82) is 0 Å². The summed E-state index contributed by atoms with van der Waals surface area (Å²) >= 11 is 6.02. The fourth-order valence-electron chi connectivity index (χ4n) is 1.93. The highest BCUT2D eigenvalue weighted by Gasteiger charge is 2.09. The average molecular weight is 305 g/mol. The number of nitrogens with one attached hydrogen (secondary N) is 1. The standard InChI is InChI=1S/C15H17ClN4O/c1-20(9-11-3-2-6-18-8-11)10-15(21)19-14-5-4-12(17)7-13(14)16/h2-8H,9-10,17H2,1H3,(H,19,21). The largest absolute Gasteiger partial charge is 0.399 e. The van der Waals surface area contributed by atoms with E-state index in [2.05, 4.69) is 10.3 Å². The van der Waals surface area contributed by atoms with Crippen molar-refractivity contribution < 1.29 is 4.79 Å². The first kappa shape index (κ1) is 15.3. The van der Waals surface area contributed by atoms with Crippen LogP contribution in [0.15, 0.2) is 42.7 Å². The fraction of sp³-hybridized carbons (Fsp3) is 0.200. The molecule has 1 amide bonds. The number of nitrogen functional groups attached to an aromatic ring is 1. The molecule has 1 heterocycles. The molecule has 0 aliphatic heterocycles. The number of benzene rings is 1. The van der Waals surface area contributed by atoms with Crippen molar-refractivity contribution in [2.45, 2.75) is 6.54 Å². The van der Waals surface area contributed by atoms with Gasteiger partial charge in [0.05, 0.1) is 17.3 Å². The lowest BCUT2D eigenvalue weighted by Crippen LogP contribution is -2.29. The third kappa shape index (κ3) is 4.73. The molecule has 6 heteroatoms. The SMILES string of the molecule is CN(CC(=O)Nc1ccc(N)cc1Cl)Cc1cccnc1. The van der Waals surface area contributed by atoms with Crippen molar-refractivity contribution in [3.63, 3.8) is 0 Å². The number of hydrogen-bond acceptors (Lipinski definition) is 4. The number of aromatic nitrogens is 1. The molecular weight excluding hydrogens is 288 g/mol. The van der Waals surface area contributed by atoms with Crippen LogP contribution in [0.2, 0.25) is 5.02 Å². The Labute approximate surface area is 128 Å². The Balaban J connectivity index is 1.89. The van der Waals surface area contributed by atoms with Crippen molar-refractivity contribution >= 4 is 28.9 Å². The molecule has 0 saturated heterocycles. The second kappa shape index (κ2) is 7.06. The quantitative estimate of drug-likeness (QED) is 0.832. The predicted octanol–water partition coefficient (Wildman–Crippen LogP) is 2.39. The Kier molecular flexibility index (Phi) is 5.14. The van der Waals surface area contributed by atoms with Gasteiger partial charge in [-0.1, -0.05) is 17.7 Å². The smallest absolute Gasteiger partial charge is 0.238 e. The number of nitrogens with two attached hydrogens (primary N) is 1. The lowest BCUT2D eigenvalue weighted by Gasteiger charge is -2.16. The molecular formula is C15H17ClN4O. The Morgan fingerprint density at radius 1 is 1.43 bits per heavy atom. The third-order valence-corrected chi connectivity index (χ3v) is 3.17. The van der Waals surface area contributed by atoms with Crippen LogP contribution in [-0.4, -0.2) is 29.4 Å². The van der Waals surface area contributed by atoms with Crippen LogP contribution in [0.5, 0.6) is 0 Å². The van der Waals surface area contributed by atoms with Crippen LogP contribution in [0.1, 0.15) is 5.56 Å². The Morgan fingerprint density at radius 2 is 2.24 bits per heavy atom. The fourth-order valence-corrected chi connectivity index (χ4v) is 2.16. The summed E-state index contributed by atoms with van der Waals surface area (Å²) < 4.78 is 0. The summed E-state index contributed by atoms with van der Waals surface area (Å²) in [5.74, 6) is -0.131. The predicted molar refractivity (Wildman–Crippen MR) is 85.1 cm³/mol. The van der Waals surface area contributed by atoms with E-state index in [1.165, 1.54) is 0 Å². The maximum atomic E-state index is 12.0. The maximum Gasteiger partial charge on any atom is 0.238 e. The van der Waals surface area contributed by atoms with Crippen LogP contribution in [0.3, 0.4) is 0 Å². The molecule has 0 fully saturated rings. The third-order valence-electron chi connectivity index (χ3n) is 2.86. The van der Waals surface area contributed by atoms with Gasteiger partial charge in [0.2, 0.25) is 5.91 Å². The number of carbonyl (C=O) groups excluding carboxylic acids is 1. The number of amides is 1. The van der Waals surface area contributed by atoms with E-state index in [0.29, 0.717) is 22.9 Å². The summed E-state index contributed by atoms with van der Waals surface area (Å²) in [6, 6.07) is 8.84. The molecule has 21 heavy (non-hydrogen) atoms. The minimum atomic E-state index is -0.131. The first-order chi connectivity index (χ1) is 10.0. The van der Waals surface area contributed by atoms with Crippen LogP contribution in [-0.2, 0) is 11.3 Å². The van der Waals surface area contributed by atoms with Gasteiger partial charge in [-0.05, 0) is 36.9 Å². The zero-order valence-electron chi connectivity index (χ0n) is 11.7. The van der Waals surface area contributed by atoms with Crippen LogP contribution in [0.25, 0.3) is 0 Å². The summed E-state index contributed by atoms with van der Waals surface area (Å²) in [6.45, 7) is 0.909. The molecule has 2 rings (SSSR count). The molecule has 5 nitrogen and oxygen atoms in total. The van der Waals surface area contributed by atoms with Crippen molar-refractivity contribution in [2.24, 2.45) is 0 Å². The lowest BCUT2D eigenvalue weighted by atomic mass is 10.2. The highest BCUT2D eigenvalue weighted by atomic mass is 35.5. The zero-order chi connectivity index (χ0) is 15.2. The maximum absolute atomic E-state index is 12.0. The van der Waals surface area contributed by atoms with E-state index in [1.54, 1.807) is 30.6 Å². The Hall–Kier alpha value is -2.11. The van der Waals surface area contributed by atoms with Gasteiger partial charge in [-0.15, -0.1) is 0 Å². The number of pyridine rings is 1. The van der Waals surface area contributed by atoms with Crippen molar-refractivity contribution in [3.05, 3.63) is 53.3 Å². The highest BCUT2D eigenvalue weighted by Crippen LogP contribution is 2.23. The average Bonchev–Trinajstić information content (AvgIpc) is 2.43. The molecule has 0 aliphatic carbocycles. The van der Waals surface area contributed by atoms with Crippen LogP contribution in [0.4, 0.5) is 11.4 Å². The van der Waals surface area contributed by atoms with E-state index in [0.717, 1.165) is 5.56 Å². The highest BCUT2D eigenvalue weighted by molar-refractivity contribution is 6.34. The minimum absolute atomic E-state index is 0.131. The molecule has 0 saturated carbocycles. The van der Waals surface area contributed by atoms with E-state index >= 15 is 0 Å². The van der Waals surface area contributed by atoms with Crippen molar-refractivity contribution in [2.75, 3.05) is 24.6 Å². The van der Waals surface area contributed by atoms with Gasteiger partial charge in [0.15, 0.2) is 0 Å². The van der Waals surface area contributed by atoms with E-state index in [-0.39, 0.29) is 12.5 Å². The van der Waals surface area contributed by atoms with Gasteiger partial charge < -0.3 is 11.1 Å². The number of rotatable bonds is 5. The number of halogens is 1. The van der Waals surface area contributed by atoms with Gasteiger partial charge in [0.1, 0.15) is 0 Å². The molecule has 1 aromatic carbocycles. The Morgan fingerprint density at radius 3 is 2.90 bits per heavy atom. The molecule has 3 N–H and O–H groups in total.